The first-order valence-electron chi connectivity index (χ1n) is 25.1. The SMILES string of the molecule is C1=CCCC(C2CC(C3=[N+]=C(c4cccc5c4sc4ccc6c7ccccc7n(C7C=CC=CC7)c6c45)C(C4NC(C5=CCCCC5)=NC(c5ccccc5)N4)C3)=CC(C3=CCCC=C3)C2)=C1. The van der Waals surface area contributed by atoms with E-state index in [1.54, 1.807) is 5.57 Å². The van der Waals surface area contributed by atoms with Gasteiger partial charge in [-0.15, -0.1) is 11.3 Å². The van der Waals surface area contributed by atoms with Crippen molar-refractivity contribution in [2.45, 2.75) is 95.4 Å². The van der Waals surface area contributed by atoms with Gasteiger partial charge in [0.05, 0.1) is 34.4 Å². The summed E-state index contributed by atoms with van der Waals surface area (Å²) in [6, 6.07) is 32.0. The quantitative estimate of drug-likeness (QED) is 0.150. The van der Waals surface area contributed by atoms with Crippen molar-refractivity contribution in [3.63, 3.8) is 0 Å². The van der Waals surface area contributed by atoms with Crippen molar-refractivity contribution in [2.75, 3.05) is 0 Å². The summed E-state index contributed by atoms with van der Waals surface area (Å²) in [7, 11) is 0. The maximum Gasteiger partial charge on any atom is 0.319 e. The van der Waals surface area contributed by atoms with Crippen LogP contribution in [0, 0.1) is 17.8 Å². The van der Waals surface area contributed by atoms with Crippen molar-refractivity contribution in [1.29, 1.82) is 0 Å². The van der Waals surface area contributed by atoms with Gasteiger partial charge in [-0.3, -0.25) is 5.32 Å². The Morgan fingerprint density at radius 2 is 1.67 bits per heavy atom. The van der Waals surface area contributed by atoms with Crippen LogP contribution in [0.15, 0.2) is 185 Å². The standard InChI is InChI=1S/C61H58N5S/c1-6-19-39(20-7-1)43-35-44(40-21-8-2-9-22-40)37-45(36-43)52-38-51(61-64-59(41-23-10-3-11-24-41)63-60(65-61)42-25-12-4-13-26-42)56(62-52)50-31-18-30-49-55-54(67-58(49)50)34-33-48-47-29-16-17-32-53(47)66(57(48)55)46-27-14-5-15-28-46/h1,3,5-6,8,10-11,14-19,21-25,27,29-34,37,43-44,46,51,59,61,64H,2,4,7,9,12-13,20,26,28,35-36,38H2,(H,63,65)/q+1. The predicted molar refractivity (Wildman–Crippen MR) is 284 cm³/mol. The maximum atomic E-state index is 5.99. The lowest BCUT2D eigenvalue weighted by atomic mass is 9.72. The molecule has 6 unspecified atom stereocenters. The Morgan fingerprint density at radius 3 is 2.52 bits per heavy atom. The van der Waals surface area contributed by atoms with Gasteiger partial charge in [0, 0.05) is 43.3 Å². The van der Waals surface area contributed by atoms with E-state index < -0.39 is 0 Å². The number of rotatable bonds is 8. The number of fused-ring (bicyclic) bond motifs is 7. The van der Waals surface area contributed by atoms with Crippen LogP contribution < -0.4 is 15.3 Å². The molecular weight excluding hydrogens is 835 g/mol. The van der Waals surface area contributed by atoms with E-state index in [0.717, 1.165) is 63.6 Å². The molecule has 0 amide bonds. The average molecular weight is 893 g/mol. The molecule has 2 N–H and O–H groups in total. The van der Waals surface area contributed by atoms with Crippen LogP contribution in [0.2, 0.25) is 0 Å². The Balaban J connectivity index is 0.997. The number of nitrogens with one attached hydrogen (secondary N) is 2. The molecule has 6 atom stereocenters. The van der Waals surface area contributed by atoms with Crippen molar-refractivity contribution in [1.82, 2.24) is 19.9 Å². The molecule has 4 heterocycles. The first-order chi connectivity index (χ1) is 33.2. The molecule has 6 heteroatoms. The van der Waals surface area contributed by atoms with Gasteiger partial charge in [-0.1, -0.05) is 150 Å². The van der Waals surface area contributed by atoms with Gasteiger partial charge in [-0.05, 0) is 111 Å². The number of hydrogen-bond acceptors (Lipinski definition) is 4. The van der Waals surface area contributed by atoms with Crippen molar-refractivity contribution in [2.24, 2.45) is 22.7 Å². The summed E-state index contributed by atoms with van der Waals surface area (Å²) in [5, 5.41) is 13.5. The van der Waals surface area contributed by atoms with Gasteiger partial charge >= 0.3 is 11.4 Å². The van der Waals surface area contributed by atoms with E-state index in [4.69, 9.17) is 9.66 Å². The third-order valence-corrected chi connectivity index (χ3v) is 16.9. The lowest BCUT2D eigenvalue weighted by molar-refractivity contribution is 0.347. The van der Waals surface area contributed by atoms with Crippen LogP contribution in [0.25, 0.3) is 42.0 Å². The van der Waals surface area contributed by atoms with Gasteiger partial charge in [-0.25, -0.2) is 4.99 Å². The average Bonchev–Trinajstić information content (AvgIpc) is 4.12. The molecule has 6 aromatic rings. The van der Waals surface area contributed by atoms with Gasteiger partial charge in [0.1, 0.15) is 17.9 Å². The monoisotopic (exact) mass is 892 g/mol. The van der Waals surface area contributed by atoms with Crippen LogP contribution in [0.4, 0.5) is 0 Å². The minimum absolute atomic E-state index is 0.0719. The van der Waals surface area contributed by atoms with Crippen LogP contribution in [0.3, 0.4) is 0 Å². The number of thiophene rings is 1. The molecule has 0 radical (unpaired) electrons. The summed E-state index contributed by atoms with van der Waals surface area (Å²) < 4.78 is 11.3. The van der Waals surface area contributed by atoms with Gasteiger partial charge in [0.25, 0.3) is 0 Å². The normalized spacial score (nSPS) is 26.3. The zero-order valence-corrected chi connectivity index (χ0v) is 39.0. The highest BCUT2D eigenvalue weighted by Crippen LogP contribution is 2.46. The Labute approximate surface area is 397 Å². The minimum atomic E-state index is -0.159. The maximum absolute atomic E-state index is 5.99. The summed E-state index contributed by atoms with van der Waals surface area (Å²) in [5.41, 5.74) is 13.5. The van der Waals surface area contributed by atoms with Crippen LogP contribution in [0.1, 0.15) is 100 Å². The zero-order chi connectivity index (χ0) is 44.3. The number of hydrogen-bond donors (Lipinski definition) is 2. The summed E-state index contributed by atoms with van der Waals surface area (Å²) >= 11 is 1.95. The third kappa shape index (κ3) is 7.42. The number of para-hydroxylation sites is 1. The fourth-order valence-corrected chi connectivity index (χ4v) is 13.7. The third-order valence-electron chi connectivity index (χ3n) is 15.7. The van der Waals surface area contributed by atoms with Crippen molar-refractivity contribution in [3.8, 4) is 0 Å². The first-order valence-corrected chi connectivity index (χ1v) is 26.0. The second kappa shape index (κ2) is 17.4. The summed E-state index contributed by atoms with van der Waals surface area (Å²) in [6.07, 6.45) is 41.6. The number of benzene rings is 4. The molecule has 0 bridgehead atoms. The van der Waals surface area contributed by atoms with E-state index in [-0.39, 0.29) is 24.3 Å². The van der Waals surface area contributed by atoms with E-state index >= 15 is 0 Å². The topological polar surface area (TPSA) is 55.5 Å². The molecule has 0 fully saturated rings. The fraction of sp³-hybridized carbons (Fsp3) is 0.295. The Morgan fingerprint density at radius 1 is 0.746 bits per heavy atom. The molecule has 0 spiro atoms. The predicted octanol–water partition coefficient (Wildman–Crippen LogP) is 14.2. The molecule has 0 saturated heterocycles. The highest BCUT2D eigenvalue weighted by molar-refractivity contribution is 7.26. The van der Waals surface area contributed by atoms with Crippen LogP contribution in [-0.2, 0) is 0 Å². The van der Waals surface area contributed by atoms with Gasteiger partial charge in [0.2, 0.25) is 0 Å². The van der Waals surface area contributed by atoms with Gasteiger partial charge in [-0.2, -0.15) is 0 Å². The van der Waals surface area contributed by atoms with Gasteiger partial charge in [0.15, 0.2) is 0 Å². The molecule has 2 aromatic heterocycles. The molecule has 7 aliphatic rings. The Kier molecular flexibility index (Phi) is 10.6. The van der Waals surface area contributed by atoms with Crippen LogP contribution in [-0.4, -0.2) is 28.0 Å². The van der Waals surface area contributed by atoms with Crippen molar-refractivity contribution >= 4 is 70.6 Å². The van der Waals surface area contributed by atoms with E-state index in [1.807, 2.05) is 11.3 Å². The summed E-state index contributed by atoms with van der Waals surface area (Å²) in [6.45, 7) is 0. The van der Waals surface area contributed by atoms with Crippen LogP contribution in [0.5, 0.6) is 0 Å². The lowest BCUT2D eigenvalue weighted by Gasteiger charge is -2.35. The van der Waals surface area contributed by atoms with E-state index in [9.17, 15) is 0 Å². The molecule has 5 nitrogen and oxygen atoms in total. The fourth-order valence-electron chi connectivity index (χ4n) is 12.4. The highest BCUT2D eigenvalue weighted by atomic mass is 32.1. The number of amidine groups is 1. The molecule has 5 aliphatic carbocycles. The van der Waals surface area contributed by atoms with Crippen molar-refractivity contribution in [3.05, 3.63) is 191 Å². The lowest BCUT2D eigenvalue weighted by Crippen LogP contribution is -2.56. The Hall–Kier alpha value is -6.30. The second-order valence-corrected chi connectivity index (χ2v) is 20.8. The Bertz CT molecular complexity index is 3330. The summed E-state index contributed by atoms with van der Waals surface area (Å²) in [4.78, 5) is 5.43. The molecule has 67 heavy (non-hydrogen) atoms. The van der Waals surface area contributed by atoms with E-state index in [1.165, 1.54) is 101 Å². The highest BCUT2D eigenvalue weighted by Gasteiger charge is 2.47. The number of aliphatic imine (C=N–C) groups is 1. The molecular formula is C61H58N5S+. The summed E-state index contributed by atoms with van der Waals surface area (Å²) in [5.74, 6) is 2.03. The first kappa shape index (κ1) is 40.9. The van der Waals surface area contributed by atoms with Crippen LogP contribution >= 0.6 is 11.3 Å². The molecule has 4 aromatic carbocycles. The van der Waals surface area contributed by atoms with Gasteiger partial charge < -0.3 is 9.88 Å². The molecule has 332 valence electrons. The number of allylic oxidation sites excluding steroid dienone is 15. The number of aromatic nitrogens is 1. The molecule has 13 rings (SSSR count). The molecule has 0 saturated carbocycles. The second-order valence-electron chi connectivity index (χ2n) is 19.8. The number of nitrogens with zero attached hydrogens (tertiary/aromatic N) is 3. The smallest absolute Gasteiger partial charge is 0.319 e. The minimum Gasteiger partial charge on any atom is -0.354 e. The molecule has 2 aliphatic heterocycles. The largest absolute Gasteiger partial charge is 0.354 e. The zero-order valence-electron chi connectivity index (χ0n) is 38.2. The van der Waals surface area contributed by atoms with Crippen molar-refractivity contribution < 1.29 is 0 Å². The van der Waals surface area contributed by atoms with E-state index in [2.05, 4.69) is 173 Å². The van der Waals surface area contributed by atoms with E-state index in [0.29, 0.717) is 11.8 Å².